The predicted molar refractivity (Wildman–Crippen MR) is 170 cm³/mol. The number of carbonyl (C=O) groups excluding carboxylic acids is 2. The van der Waals surface area contributed by atoms with Crippen LogP contribution in [-0.2, 0) is 34.0 Å². The quantitative estimate of drug-likeness (QED) is 0.342. The summed E-state index contributed by atoms with van der Waals surface area (Å²) >= 11 is 0. The van der Waals surface area contributed by atoms with Gasteiger partial charge in [-0.2, -0.15) is 0 Å². The summed E-state index contributed by atoms with van der Waals surface area (Å²) in [7, 11) is 0. The Labute approximate surface area is 275 Å². The van der Waals surface area contributed by atoms with Gasteiger partial charge in [0.05, 0.1) is 18.8 Å². The Bertz CT molecular complexity index is 1560. The molecule has 1 aliphatic heterocycles. The lowest BCUT2D eigenvalue weighted by Crippen LogP contribution is -2.68. The molecule has 4 atom stereocenters. The molecule has 1 heterocycles. The van der Waals surface area contributed by atoms with E-state index < -0.39 is 22.8 Å². The lowest BCUT2D eigenvalue weighted by molar-refractivity contribution is -0.183. The van der Waals surface area contributed by atoms with Crippen molar-refractivity contribution in [1.29, 1.82) is 0 Å². The van der Waals surface area contributed by atoms with Gasteiger partial charge in [0.15, 0.2) is 0 Å². The van der Waals surface area contributed by atoms with Crippen LogP contribution in [0.25, 0.3) is 0 Å². The molecule has 2 amide bonds. The van der Waals surface area contributed by atoms with E-state index >= 15 is 0 Å². The van der Waals surface area contributed by atoms with Gasteiger partial charge in [0, 0.05) is 42.2 Å². The van der Waals surface area contributed by atoms with Crippen molar-refractivity contribution in [1.82, 2.24) is 15.5 Å². The van der Waals surface area contributed by atoms with Crippen molar-refractivity contribution < 1.29 is 27.8 Å². The van der Waals surface area contributed by atoms with E-state index in [1.807, 2.05) is 17.0 Å². The fraction of sp³-hybridized carbons (Fsp3) is 0.632. The van der Waals surface area contributed by atoms with E-state index in [4.69, 9.17) is 9.47 Å². The number of rotatable bonds is 8. The van der Waals surface area contributed by atoms with Crippen molar-refractivity contribution in [3.8, 4) is 0 Å². The molecule has 0 spiro atoms. The van der Waals surface area contributed by atoms with Gasteiger partial charge in [0.2, 0.25) is 5.91 Å². The average molecular weight is 646 g/mol. The zero-order valence-electron chi connectivity index (χ0n) is 27.0. The molecule has 47 heavy (non-hydrogen) atoms. The first-order valence-corrected chi connectivity index (χ1v) is 17.8. The summed E-state index contributed by atoms with van der Waals surface area (Å²) in [6.07, 6.45) is 10.9. The molecule has 0 aromatic heterocycles. The summed E-state index contributed by atoms with van der Waals surface area (Å²) in [6, 6.07) is 11.9. The number of benzene rings is 2. The first-order chi connectivity index (χ1) is 22.6. The van der Waals surface area contributed by atoms with Crippen LogP contribution in [-0.4, -0.2) is 45.7 Å². The van der Waals surface area contributed by atoms with Crippen LogP contribution in [0.5, 0.6) is 0 Å². The largest absolute Gasteiger partial charge is 0.443 e. The van der Waals surface area contributed by atoms with Gasteiger partial charge in [0.25, 0.3) is 0 Å². The highest BCUT2D eigenvalue weighted by Crippen LogP contribution is 2.61. The van der Waals surface area contributed by atoms with Crippen LogP contribution in [0.3, 0.4) is 0 Å². The molecule has 250 valence electrons. The topological polar surface area (TPSA) is 79.9 Å². The highest BCUT2D eigenvalue weighted by molar-refractivity contribution is 5.79. The van der Waals surface area contributed by atoms with Crippen LogP contribution >= 0.6 is 0 Å². The number of carbonyl (C=O) groups is 2. The maximum Gasteiger partial charge on any atom is 0.408 e. The number of halogens is 2. The van der Waals surface area contributed by atoms with E-state index in [-0.39, 0.29) is 29.7 Å². The second-order valence-electron chi connectivity index (χ2n) is 16.8. The summed E-state index contributed by atoms with van der Waals surface area (Å²) in [6.45, 7) is 1.74. The third-order valence-corrected chi connectivity index (χ3v) is 13.0. The minimum absolute atomic E-state index is 0.0975. The smallest absolute Gasteiger partial charge is 0.408 e. The van der Waals surface area contributed by atoms with Crippen molar-refractivity contribution in [3.05, 3.63) is 70.8 Å². The Balaban J connectivity index is 0.858. The summed E-state index contributed by atoms with van der Waals surface area (Å²) in [5.74, 6) is 0.830. The number of fused-ring (bicyclic) bond motifs is 1. The molecule has 0 saturated heterocycles. The molecule has 2 N–H and O–H groups in total. The highest BCUT2D eigenvalue weighted by atomic mass is 19.1. The normalized spacial score (nSPS) is 38.9. The third kappa shape index (κ3) is 5.45. The summed E-state index contributed by atoms with van der Waals surface area (Å²) in [4.78, 5) is 29.1. The minimum atomic E-state index is -0.592. The standard InChI is InChI=1S/C38H45F2N3O4/c39-31-6-5-30(32(40)9-31)21-46-37-14-26-8-27(15-37)13-36(12-26,23-37)42-34(45)47-38-16-24-7-25(17-38)11-35(10-24,22-38)41-18-33(44)43-19-28-3-1-2-4-29(28)20-43/h1-6,9,24-27,41H,7-8,10-23H2,(H,42,45). The molecule has 0 radical (unpaired) electrons. The van der Waals surface area contributed by atoms with Crippen molar-refractivity contribution in [2.75, 3.05) is 6.54 Å². The SMILES string of the molecule is O=C(NC12CC3CC(C1)CC(OCc1ccc(F)cc1F)(C3)C2)OC12CC3CC(CC(NCC(=O)N4Cc5ccccc5C4)(C3)C1)C2. The van der Waals surface area contributed by atoms with Gasteiger partial charge in [-0.1, -0.05) is 30.3 Å². The molecule has 8 aliphatic carbocycles. The Morgan fingerprint density at radius 1 is 0.787 bits per heavy atom. The Morgan fingerprint density at radius 3 is 2.02 bits per heavy atom. The van der Waals surface area contributed by atoms with E-state index in [0.29, 0.717) is 55.3 Å². The van der Waals surface area contributed by atoms with Crippen LogP contribution in [0.1, 0.15) is 93.7 Å². The van der Waals surface area contributed by atoms with E-state index in [1.54, 1.807) is 0 Å². The molecule has 8 fully saturated rings. The minimum Gasteiger partial charge on any atom is -0.443 e. The number of nitrogens with zero attached hydrogens (tertiary/aromatic N) is 1. The van der Waals surface area contributed by atoms with Crippen LogP contribution < -0.4 is 10.6 Å². The summed E-state index contributed by atoms with van der Waals surface area (Å²) in [5, 5.41) is 7.13. The van der Waals surface area contributed by atoms with Gasteiger partial charge in [-0.25, -0.2) is 13.6 Å². The monoisotopic (exact) mass is 645 g/mol. The summed E-state index contributed by atoms with van der Waals surface area (Å²) in [5.41, 5.74) is 1.32. The molecule has 11 rings (SSSR count). The lowest BCUT2D eigenvalue weighted by Gasteiger charge is -2.62. The molecule has 2 aromatic carbocycles. The number of amides is 2. The van der Waals surface area contributed by atoms with Crippen LogP contribution in [0, 0.1) is 35.3 Å². The second-order valence-corrected chi connectivity index (χ2v) is 16.8. The molecule has 7 nitrogen and oxygen atoms in total. The van der Waals surface area contributed by atoms with Crippen molar-refractivity contribution in [3.63, 3.8) is 0 Å². The van der Waals surface area contributed by atoms with E-state index in [9.17, 15) is 18.4 Å². The van der Waals surface area contributed by atoms with Gasteiger partial charge in [-0.05, 0) is 111 Å². The first-order valence-electron chi connectivity index (χ1n) is 17.8. The Kier molecular flexibility index (Phi) is 6.86. The highest BCUT2D eigenvalue weighted by Gasteiger charge is 2.62. The Morgan fingerprint density at radius 2 is 1.38 bits per heavy atom. The molecule has 8 saturated carbocycles. The molecule has 4 unspecified atom stereocenters. The van der Waals surface area contributed by atoms with Crippen LogP contribution in [0.4, 0.5) is 13.6 Å². The number of ether oxygens (including phenoxy) is 2. The maximum absolute atomic E-state index is 14.4. The van der Waals surface area contributed by atoms with Gasteiger partial charge >= 0.3 is 6.09 Å². The van der Waals surface area contributed by atoms with Gasteiger partial charge < -0.3 is 25.0 Å². The molecule has 9 heteroatoms. The predicted octanol–water partition coefficient (Wildman–Crippen LogP) is 6.52. The number of nitrogens with one attached hydrogen (secondary N) is 2. The van der Waals surface area contributed by atoms with Crippen molar-refractivity contribution in [2.45, 2.75) is 119 Å². The summed E-state index contributed by atoms with van der Waals surface area (Å²) < 4.78 is 41.0. The van der Waals surface area contributed by atoms with Gasteiger partial charge in [0.1, 0.15) is 17.2 Å². The van der Waals surface area contributed by atoms with E-state index in [2.05, 4.69) is 22.8 Å². The molecule has 9 aliphatic rings. The fourth-order valence-electron chi connectivity index (χ4n) is 12.2. The number of hydrogen-bond donors (Lipinski definition) is 2. The zero-order valence-corrected chi connectivity index (χ0v) is 27.0. The van der Waals surface area contributed by atoms with E-state index in [0.717, 1.165) is 70.3 Å². The molecule has 8 bridgehead atoms. The molecular formula is C38H45F2N3O4. The van der Waals surface area contributed by atoms with Crippen molar-refractivity contribution in [2.24, 2.45) is 23.7 Å². The number of hydrogen-bond acceptors (Lipinski definition) is 5. The number of alkyl carbamates (subject to hydrolysis) is 1. The van der Waals surface area contributed by atoms with Gasteiger partial charge in [-0.3, -0.25) is 4.79 Å². The maximum atomic E-state index is 14.4. The van der Waals surface area contributed by atoms with Crippen molar-refractivity contribution >= 4 is 12.0 Å². The van der Waals surface area contributed by atoms with Crippen LogP contribution in [0.2, 0.25) is 0 Å². The van der Waals surface area contributed by atoms with E-state index in [1.165, 1.54) is 29.7 Å². The Hall–Kier alpha value is -3.04. The van der Waals surface area contributed by atoms with Crippen LogP contribution in [0.15, 0.2) is 42.5 Å². The van der Waals surface area contributed by atoms with Gasteiger partial charge in [-0.15, -0.1) is 0 Å². The molecular weight excluding hydrogens is 600 g/mol. The second kappa shape index (κ2) is 10.7. The zero-order chi connectivity index (χ0) is 32.0. The lowest BCUT2D eigenvalue weighted by atomic mass is 9.50. The average Bonchev–Trinajstić information content (AvgIpc) is 3.42. The fourth-order valence-corrected chi connectivity index (χ4v) is 12.2. The first kappa shape index (κ1) is 30.1. The third-order valence-electron chi connectivity index (χ3n) is 13.0. The molecule has 2 aromatic rings.